The smallest absolute Gasteiger partial charge is 0.444 e. The zero-order valence-electron chi connectivity index (χ0n) is 9.89. The molecule has 2 rings (SSSR count). The normalized spacial score (nSPS) is 36.9. The van der Waals surface area contributed by atoms with Gasteiger partial charge in [0.25, 0.3) is 5.91 Å². The maximum atomic E-state index is 12.4. The molecule has 5 nitrogen and oxygen atoms in total. The molecule has 0 bridgehead atoms. The number of carbonyl (C=O) groups is 2. The van der Waals surface area contributed by atoms with E-state index in [9.17, 15) is 22.8 Å². The van der Waals surface area contributed by atoms with Crippen molar-refractivity contribution in [2.24, 2.45) is 5.73 Å². The van der Waals surface area contributed by atoms with Gasteiger partial charge in [-0.25, -0.2) is 4.79 Å². The van der Waals surface area contributed by atoms with Gasteiger partial charge in [0.1, 0.15) is 11.4 Å². The van der Waals surface area contributed by atoms with Crippen LogP contribution in [0.2, 0.25) is 0 Å². The first-order chi connectivity index (χ1) is 8.40. The van der Waals surface area contributed by atoms with Gasteiger partial charge < -0.3 is 15.7 Å². The van der Waals surface area contributed by atoms with Crippen molar-refractivity contribution in [1.82, 2.24) is 4.90 Å². The minimum atomic E-state index is -4.65. The lowest BCUT2D eigenvalue weighted by Crippen LogP contribution is -2.76. The lowest BCUT2D eigenvalue weighted by atomic mass is 9.96. The highest BCUT2D eigenvalue weighted by Crippen LogP contribution is 2.59. The summed E-state index contributed by atoms with van der Waals surface area (Å²) in [6, 6.07) is -1.17. The number of nitrogens with two attached hydrogens (primary N) is 1. The molecule has 3 N–H and O–H groups in total. The third kappa shape index (κ3) is 2.09. The van der Waals surface area contributed by atoms with E-state index in [2.05, 4.69) is 0 Å². The van der Waals surface area contributed by atoms with Gasteiger partial charge >= 0.3 is 11.5 Å². The number of halogens is 3. The number of carboxylic acids is 1. The summed E-state index contributed by atoms with van der Waals surface area (Å²) in [6.07, 6.45) is 0. The van der Waals surface area contributed by atoms with E-state index in [1.54, 1.807) is 13.8 Å². The highest BCUT2D eigenvalue weighted by molar-refractivity contribution is 8.06. The Bertz CT molecular complexity index is 456. The summed E-state index contributed by atoms with van der Waals surface area (Å²) in [5.74, 6) is -2.22. The zero-order chi connectivity index (χ0) is 14.8. The molecule has 2 saturated heterocycles. The molecule has 0 aromatic heterocycles. The van der Waals surface area contributed by atoms with Crippen molar-refractivity contribution in [1.29, 1.82) is 0 Å². The summed E-state index contributed by atoms with van der Waals surface area (Å²) < 4.78 is 36.4. The second-order valence-electron chi connectivity index (χ2n) is 4.87. The molecule has 10 heteroatoms. The van der Waals surface area contributed by atoms with Gasteiger partial charge in [0.15, 0.2) is 4.87 Å². The standard InChI is InChI=1S/C9H11F3N2O3S2/c1-7(2)3(4(15)16)14-5(17)8(13,6(14)18-7)19-9(10,11)12/h3,6H,13H2,1-2H3,(H,15,16)/t3-,6+,8?/m0/s1. The number of carboxylic acid groups (broad SMARTS) is 1. The number of nitrogens with zero attached hydrogens (tertiary/aromatic N) is 1. The zero-order valence-corrected chi connectivity index (χ0v) is 11.5. The fourth-order valence-electron chi connectivity index (χ4n) is 2.34. The Morgan fingerprint density at radius 3 is 2.47 bits per heavy atom. The lowest BCUT2D eigenvalue weighted by molar-refractivity contribution is -0.161. The molecule has 19 heavy (non-hydrogen) atoms. The maximum absolute atomic E-state index is 12.4. The predicted molar refractivity (Wildman–Crippen MR) is 64.3 cm³/mol. The Labute approximate surface area is 115 Å². The van der Waals surface area contributed by atoms with Crippen LogP contribution in [0, 0.1) is 0 Å². The molecule has 2 heterocycles. The van der Waals surface area contributed by atoms with Crippen molar-refractivity contribution in [3.05, 3.63) is 0 Å². The quantitative estimate of drug-likeness (QED) is 0.585. The van der Waals surface area contributed by atoms with Crippen molar-refractivity contribution in [2.45, 2.75) is 40.4 Å². The average molecular weight is 316 g/mol. The second-order valence-corrected chi connectivity index (χ2v) is 7.94. The first kappa shape index (κ1) is 14.8. The SMILES string of the molecule is CC1(C)S[C@H]2N(C(=O)C2(N)SC(F)(F)F)[C@H]1C(=O)O. The van der Waals surface area contributed by atoms with Crippen molar-refractivity contribution < 1.29 is 27.9 Å². The van der Waals surface area contributed by atoms with Crippen molar-refractivity contribution >= 4 is 35.4 Å². The Morgan fingerprint density at radius 1 is 1.53 bits per heavy atom. The average Bonchev–Trinajstić information content (AvgIpc) is 2.45. The molecule has 0 saturated carbocycles. The van der Waals surface area contributed by atoms with E-state index < -0.39 is 50.2 Å². The molecular weight excluding hydrogens is 305 g/mol. The molecule has 108 valence electrons. The fourth-order valence-corrected chi connectivity index (χ4v) is 4.94. The Balaban J connectivity index is 2.30. The van der Waals surface area contributed by atoms with E-state index in [4.69, 9.17) is 10.8 Å². The Kier molecular flexibility index (Phi) is 3.08. The van der Waals surface area contributed by atoms with Gasteiger partial charge in [-0.05, 0) is 25.6 Å². The minimum absolute atomic E-state index is 0.582. The van der Waals surface area contributed by atoms with E-state index >= 15 is 0 Å². The van der Waals surface area contributed by atoms with Gasteiger partial charge in [-0.15, -0.1) is 11.8 Å². The van der Waals surface area contributed by atoms with Crippen LogP contribution >= 0.6 is 23.5 Å². The molecule has 0 spiro atoms. The molecule has 2 aliphatic rings. The molecule has 0 aliphatic carbocycles. The number of hydrogen-bond acceptors (Lipinski definition) is 5. The van der Waals surface area contributed by atoms with E-state index in [0.717, 1.165) is 16.7 Å². The van der Waals surface area contributed by atoms with Crippen LogP contribution in [0.4, 0.5) is 13.2 Å². The molecule has 0 radical (unpaired) electrons. The molecule has 0 aromatic rings. The Hall–Kier alpha value is -0.610. The minimum Gasteiger partial charge on any atom is -0.480 e. The van der Waals surface area contributed by atoms with Gasteiger partial charge in [0.2, 0.25) is 0 Å². The molecule has 0 aromatic carbocycles. The number of carbonyl (C=O) groups excluding carboxylic acids is 1. The van der Waals surface area contributed by atoms with E-state index in [0.29, 0.717) is 0 Å². The largest absolute Gasteiger partial charge is 0.480 e. The second kappa shape index (κ2) is 3.95. The summed E-state index contributed by atoms with van der Waals surface area (Å²) in [5.41, 5.74) is 0.889. The van der Waals surface area contributed by atoms with E-state index in [-0.39, 0.29) is 0 Å². The fraction of sp³-hybridized carbons (Fsp3) is 0.778. The Morgan fingerprint density at radius 2 is 2.05 bits per heavy atom. The summed E-state index contributed by atoms with van der Waals surface area (Å²) in [7, 11) is 0. The first-order valence-electron chi connectivity index (χ1n) is 5.19. The van der Waals surface area contributed by atoms with Gasteiger partial charge in [-0.1, -0.05) is 0 Å². The number of β-lactam (4-membered cyclic amide) rings is 1. The third-order valence-corrected chi connectivity index (χ3v) is 5.83. The van der Waals surface area contributed by atoms with Gasteiger partial charge in [0.05, 0.1) is 0 Å². The topological polar surface area (TPSA) is 83.6 Å². The molecule has 3 atom stereocenters. The van der Waals surface area contributed by atoms with Crippen molar-refractivity contribution in [3.63, 3.8) is 0 Å². The van der Waals surface area contributed by atoms with Crippen LogP contribution in [-0.4, -0.2) is 48.4 Å². The van der Waals surface area contributed by atoms with Crippen LogP contribution in [0.15, 0.2) is 0 Å². The molecule has 1 amide bonds. The van der Waals surface area contributed by atoms with Gasteiger partial charge in [0, 0.05) is 4.75 Å². The van der Waals surface area contributed by atoms with Crippen LogP contribution in [0.5, 0.6) is 0 Å². The van der Waals surface area contributed by atoms with Crippen LogP contribution in [-0.2, 0) is 9.59 Å². The number of amides is 1. The molecule has 2 fully saturated rings. The van der Waals surface area contributed by atoms with Crippen LogP contribution in [0.3, 0.4) is 0 Å². The molecule has 2 aliphatic heterocycles. The summed E-state index contributed by atoms with van der Waals surface area (Å²) in [4.78, 5) is 21.8. The van der Waals surface area contributed by atoms with E-state index in [1.807, 2.05) is 0 Å². The predicted octanol–water partition coefficient (Wildman–Crippen LogP) is 1.04. The highest BCUT2D eigenvalue weighted by atomic mass is 32.2. The highest BCUT2D eigenvalue weighted by Gasteiger charge is 2.72. The number of alkyl halides is 3. The number of thioether (sulfide) groups is 2. The summed E-state index contributed by atoms with van der Waals surface area (Å²) in [5, 5.41) is 8.13. The first-order valence-corrected chi connectivity index (χ1v) is 6.89. The molecular formula is C9H11F3N2O3S2. The lowest BCUT2D eigenvalue weighted by Gasteiger charge is -2.50. The maximum Gasteiger partial charge on any atom is 0.444 e. The number of hydrogen-bond donors (Lipinski definition) is 2. The number of fused-ring (bicyclic) bond motifs is 1. The number of rotatable bonds is 2. The van der Waals surface area contributed by atoms with Gasteiger partial charge in [-0.2, -0.15) is 13.2 Å². The monoisotopic (exact) mass is 316 g/mol. The third-order valence-electron chi connectivity index (χ3n) is 3.06. The van der Waals surface area contributed by atoms with Crippen molar-refractivity contribution in [2.75, 3.05) is 0 Å². The van der Waals surface area contributed by atoms with E-state index in [1.165, 1.54) is 0 Å². The van der Waals surface area contributed by atoms with Gasteiger partial charge in [-0.3, -0.25) is 4.79 Å². The summed E-state index contributed by atoms with van der Waals surface area (Å²) >= 11 is 0.402. The van der Waals surface area contributed by atoms with Crippen LogP contribution in [0.1, 0.15) is 13.8 Å². The van der Waals surface area contributed by atoms with Crippen molar-refractivity contribution in [3.8, 4) is 0 Å². The number of aliphatic carboxylic acids is 1. The summed E-state index contributed by atoms with van der Waals surface area (Å²) in [6.45, 7) is 3.14. The van der Waals surface area contributed by atoms with Crippen LogP contribution < -0.4 is 5.73 Å². The van der Waals surface area contributed by atoms with Crippen LogP contribution in [0.25, 0.3) is 0 Å². The molecule has 1 unspecified atom stereocenters.